The van der Waals surface area contributed by atoms with E-state index < -0.39 is 26.0 Å². The lowest BCUT2D eigenvalue weighted by molar-refractivity contribution is -0.660. The zero-order chi connectivity index (χ0) is 29.0. The molecule has 2 aromatic heterocycles. The van der Waals surface area contributed by atoms with E-state index in [1.165, 1.54) is 0 Å². The van der Waals surface area contributed by atoms with Crippen molar-refractivity contribution in [1.29, 1.82) is 0 Å². The molecule has 0 amide bonds. The van der Waals surface area contributed by atoms with Gasteiger partial charge in [-0.05, 0) is 53.2 Å². The smallest absolute Gasteiger partial charge is 0.216 e. The van der Waals surface area contributed by atoms with E-state index in [-0.39, 0.29) is 16.7 Å². The number of benzene rings is 3. The number of furan rings is 1. The van der Waals surface area contributed by atoms with Gasteiger partial charge in [0.1, 0.15) is 18.2 Å². The minimum Gasteiger partial charge on any atom is -0.455 e. The highest BCUT2D eigenvalue weighted by molar-refractivity contribution is 6.17. The third kappa shape index (κ3) is 2.36. The van der Waals surface area contributed by atoms with Crippen molar-refractivity contribution in [2.24, 2.45) is 7.05 Å². The normalized spacial score (nSPS) is 19.7. The summed E-state index contributed by atoms with van der Waals surface area (Å²) in [4.78, 5) is 0. The molecule has 5 aromatic rings. The third-order valence-electron chi connectivity index (χ3n) is 6.42. The Balaban J connectivity index is 1.77. The summed E-state index contributed by atoms with van der Waals surface area (Å²) in [5.41, 5.74) is 2.76. The Morgan fingerprint density at radius 3 is 2.65 bits per heavy atom. The number of hydrogen-bond donors (Lipinski definition) is 0. The quantitative estimate of drug-likeness (QED) is 0.270. The average Bonchev–Trinajstić information content (AvgIpc) is 3.37. The van der Waals surface area contributed by atoms with Gasteiger partial charge in [-0.3, -0.25) is 0 Å². The van der Waals surface area contributed by atoms with Crippen LogP contribution in [0.5, 0.6) is 0 Å². The van der Waals surface area contributed by atoms with Gasteiger partial charge in [-0.2, -0.15) is 0 Å². The van der Waals surface area contributed by atoms with Gasteiger partial charge in [-0.1, -0.05) is 56.2 Å². The van der Waals surface area contributed by atoms with Crippen LogP contribution in [0.25, 0.3) is 44.3 Å². The minimum absolute atomic E-state index is 0.197. The first kappa shape index (κ1) is 11.3. The summed E-state index contributed by atoms with van der Waals surface area (Å²) in [7, 11) is 1.83. The van der Waals surface area contributed by atoms with Gasteiger partial charge in [-0.15, -0.1) is 0 Å². The molecule has 0 atom stereocenters. The van der Waals surface area contributed by atoms with Crippen LogP contribution in [0.3, 0.4) is 0 Å². The molecule has 1 aliphatic carbocycles. The number of hydrogen-bond acceptors (Lipinski definition) is 1. The zero-order valence-corrected chi connectivity index (χ0v) is 17.2. The fourth-order valence-electron chi connectivity index (χ4n) is 4.93. The van der Waals surface area contributed by atoms with E-state index in [1.54, 1.807) is 54.7 Å². The lowest BCUT2D eigenvalue weighted by Crippen LogP contribution is -2.30. The molecule has 0 aliphatic heterocycles. The molecule has 0 saturated heterocycles. The third-order valence-corrected chi connectivity index (χ3v) is 6.42. The van der Waals surface area contributed by atoms with E-state index in [9.17, 15) is 0 Å². The van der Waals surface area contributed by atoms with Crippen molar-refractivity contribution < 1.29 is 21.3 Å². The molecule has 0 radical (unpaired) electrons. The molecule has 0 bridgehead atoms. The predicted molar refractivity (Wildman–Crippen MR) is 127 cm³/mol. The molecule has 31 heavy (non-hydrogen) atoms. The summed E-state index contributed by atoms with van der Waals surface area (Å²) in [5, 5.41) is 1.32. The van der Waals surface area contributed by atoms with Crippen LogP contribution in [0.4, 0.5) is 0 Å². The van der Waals surface area contributed by atoms with Gasteiger partial charge in [-0.25, -0.2) is 4.57 Å². The summed E-state index contributed by atoms with van der Waals surface area (Å²) in [6, 6.07) is 17.0. The zero-order valence-electron chi connectivity index (χ0n) is 26.2. The van der Waals surface area contributed by atoms with E-state index in [0.29, 0.717) is 44.3 Å². The molecular weight excluding hydrogens is 378 g/mol. The van der Waals surface area contributed by atoms with Crippen LogP contribution in [-0.2, 0) is 12.5 Å². The van der Waals surface area contributed by atoms with E-state index in [1.807, 2.05) is 30.7 Å². The van der Waals surface area contributed by atoms with Crippen molar-refractivity contribution in [3.63, 3.8) is 0 Å². The summed E-state index contributed by atoms with van der Waals surface area (Å²) in [5.74, 6) is 0. The topological polar surface area (TPSA) is 17.0 Å². The molecule has 0 spiro atoms. The molecule has 0 unspecified atom stereocenters. The highest BCUT2D eigenvalue weighted by Gasteiger charge is 2.37. The highest BCUT2D eigenvalue weighted by Crippen LogP contribution is 2.53. The average molecular weight is 414 g/mol. The van der Waals surface area contributed by atoms with Crippen molar-refractivity contribution >= 4 is 21.9 Å². The first-order chi connectivity index (χ1) is 18.6. The van der Waals surface area contributed by atoms with Crippen LogP contribution in [0, 0.1) is 13.8 Å². The molecule has 0 N–H and O–H groups in total. The van der Waals surface area contributed by atoms with Gasteiger partial charge in [0.05, 0.1) is 5.56 Å². The van der Waals surface area contributed by atoms with Gasteiger partial charge >= 0.3 is 0 Å². The Bertz CT molecular complexity index is 1830. The number of pyridine rings is 1. The number of fused-ring (bicyclic) bond motifs is 7. The monoisotopic (exact) mass is 413 g/mol. The number of aryl methyl sites for hydroxylation is 3. The Morgan fingerprint density at radius 2 is 1.81 bits per heavy atom. The minimum atomic E-state index is -2.86. The summed E-state index contributed by atoms with van der Waals surface area (Å²) >= 11 is 0. The molecule has 3 aromatic carbocycles. The number of nitrogens with zero attached hydrogens (tertiary/aromatic N) is 1. The molecule has 0 saturated carbocycles. The summed E-state index contributed by atoms with van der Waals surface area (Å²) in [6.45, 7) is -6.11. The van der Waals surface area contributed by atoms with Crippen LogP contribution >= 0.6 is 0 Å². The van der Waals surface area contributed by atoms with Gasteiger partial charge in [0.25, 0.3) is 0 Å². The lowest BCUT2D eigenvalue weighted by Gasteiger charge is -2.21. The Kier molecular flexibility index (Phi) is 2.21. The molecule has 0 fully saturated rings. The van der Waals surface area contributed by atoms with Gasteiger partial charge < -0.3 is 4.42 Å². The van der Waals surface area contributed by atoms with Crippen molar-refractivity contribution in [2.45, 2.75) is 32.9 Å². The van der Waals surface area contributed by atoms with Crippen LogP contribution in [0.1, 0.15) is 48.3 Å². The van der Waals surface area contributed by atoms with E-state index >= 15 is 0 Å². The van der Waals surface area contributed by atoms with Gasteiger partial charge in [0.2, 0.25) is 5.69 Å². The highest BCUT2D eigenvalue weighted by atomic mass is 16.3. The first-order valence-corrected chi connectivity index (χ1v) is 10.2. The van der Waals surface area contributed by atoms with E-state index in [4.69, 9.17) is 16.8 Å². The van der Waals surface area contributed by atoms with E-state index in [2.05, 4.69) is 0 Å². The van der Waals surface area contributed by atoms with Crippen LogP contribution in [0.2, 0.25) is 0 Å². The number of aromatic nitrogens is 1. The Labute approximate surface area is 195 Å². The largest absolute Gasteiger partial charge is 0.455 e. The molecule has 2 heteroatoms. The fraction of sp³-hybridized carbons (Fsp3) is 0.207. The first-order valence-electron chi connectivity index (χ1n) is 14.7. The van der Waals surface area contributed by atoms with Crippen LogP contribution in [-0.4, -0.2) is 0 Å². The predicted octanol–water partition coefficient (Wildman–Crippen LogP) is 7.00. The SMILES string of the molecule is [2H]C([2H])([2H])c1cc[n+](C)c(-c2c(C)ccc3c2oc2ccc4c(c23)-c2ccccc2C4(C([2H])([2H])[2H])C([2H])([2H])[2H])c1. The molecular formula is C29H26NO+. The molecule has 2 nitrogen and oxygen atoms in total. The Morgan fingerprint density at radius 1 is 0.935 bits per heavy atom. The molecule has 152 valence electrons. The van der Waals surface area contributed by atoms with Crippen molar-refractivity contribution in [1.82, 2.24) is 0 Å². The maximum absolute atomic E-state index is 8.50. The van der Waals surface area contributed by atoms with Crippen molar-refractivity contribution in [3.8, 4) is 22.4 Å². The Hall–Kier alpha value is -3.39. The maximum Gasteiger partial charge on any atom is 0.216 e. The lowest BCUT2D eigenvalue weighted by atomic mass is 9.82. The molecule has 6 rings (SSSR count). The van der Waals surface area contributed by atoms with Gasteiger partial charge in [0.15, 0.2) is 6.20 Å². The fourth-order valence-corrected chi connectivity index (χ4v) is 4.93. The standard InChI is InChI=1S/C29H26NO/c1-17-14-15-30(5)23(16-17)25-18(2)10-11-20-27-24(31-28(20)25)13-12-22-26(27)19-8-6-7-9-21(19)29(22,3)4/h6-16H,1-5H3/q+1/i1D3,3D3,4D3. The van der Waals surface area contributed by atoms with Crippen molar-refractivity contribution in [3.05, 3.63) is 89.1 Å². The molecule has 1 aliphatic rings. The maximum atomic E-state index is 8.50. The summed E-state index contributed by atoms with van der Waals surface area (Å²) in [6.07, 6.45) is 1.70. The van der Waals surface area contributed by atoms with Crippen molar-refractivity contribution in [2.75, 3.05) is 0 Å². The molecule has 2 heterocycles. The van der Waals surface area contributed by atoms with Crippen LogP contribution < -0.4 is 4.57 Å². The number of rotatable bonds is 1. The van der Waals surface area contributed by atoms with E-state index in [0.717, 1.165) is 5.56 Å². The second-order valence-corrected chi connectivity index (χ2v) is 8.30. The van der Waals surface area contributed by atoms with Gasteiger partial charge in [0, 0.05) is 40.7 Å². The summed E-state index contributed by atoms with van der Waals surface area (Å²) < 4.78 is 83.0. The van der Waals surface area contributed by atoms with Crippen LogP contribution in [0.15, 0.2) is 71.3 Å². The second kappa shape index (κ2) is 6.07. The second-order valence-electron chi connectivity index (χ2n) is 8.30.